The van der Waals surface area contributed by atoms with Gasteiger partial charge >= 0.3 is 0 Å². The lowest BCUT2D eigenvalue weighted by Gasteiger charge is -2.12. The summed E-state index contributed by atoms with van der Waals surface area (Å²) < 4.78 is 29.6. The molecule has 0 aliphatic heterocycles. The summed E-state index contributed by atoms with van der Waals surface area (Å²) in [5.41, 5.74) is 1.86. The van der Waals surface area contributed by atoms with Gasteiger partial charge in [0.1, 0.15) is 0 Å². The maximum atomic E-state index is 13.7. The highest BCUT2D eigenvalue weighted by Crippen LogP contribution is 2.28. The van der Waals surface area contributed by atoms with Crippen LogP contribution in [0.25, 0.3) is 0 Å². The third-order valence-electron chi connectivity index (χ3n) is 3.79. The summed E-state index contributed by atoms with van der Waals surface area (Å²) in [6.07, 6.45) is 1.13. The molecule has 0 saturated heterocycles. The van der Waals surface area contributed by atoms with E-state index in [1.54, 1.807) is 13.2 Å². The molecule has 0 aromatic heterocycles. The van der Waals surface area contributed by atoms with Crippen molar-refractivity contribution in [3.63, 3.8) is 0 Å². The second-order valence-electron chi connectivity index (χ2n) is 5.67. The van der Waals surface area contributed by atoms with E-state index in [4.69, 9.17) is 19.5 Å². The third-order valence-corrected chi connectivity index (χ3v) is 3.79. The van der Waals surface area contributed by atoms with Crippen molar-refractivity contribution >= 4 is 0 Å². The molecule has 138 valence electrons. The van der Waals surface area contributed by atoms with Gasteiger partial charge in [0, 0.05) is 19.5 Å². The van der Waals surface area contributed by atoms with Gasteiger partial charge in [0.05, 0.1) is 26.9 Å². The number of hydrogen-bond donors (Lipinski definition) is 1. The molecule has 5 nitrogen and oxygen atoms in total. The maximum absolute atomic E-state index is 13.7. The Kier molecular flexibility index (Phi) is 7.72. The van der Waals surface area contributed by atoms with Gasteiger partial charge in [-0.25, -0.2) is 4.39 Å². The zero-order valence-electron chi connectivity index (χ0n) is 15.0. The van der Waals surface area contributed by atoms with Gasteiger partial charge in [-0.3, -0.25) is 0 Å². The molecule has 0 amide bonds. The van der Waals surface area contributed by atoms with E-state index in [0.717, 1.165) is 11.1 Å². The molecule has 2 aromatic carbocycles. The van der Waals surface area contributed by atoms with Crippen LogP contribution in [0.15, 0.2) is 36.4 Å². The van der Waals surface area contributed by atoms with E-state index in [0.29, 0.717) is 44.0 Å². The van der Waals surface area contributed by atoms with Crippen molar-refractivity contribution < 1.29 is 18.6 Å². The highest BCUT2D eigenvalue weighted by molar-refractivity contribution is 5.43. The molecule has 0 saturated carbocycles. The zero-order valence-corrected chi connectivity index (χ0v) is 15.0. The van der Waals surface area contributed by atoms with Crippen molar-refractivity contribution in [3.8, 4) is 23.3 Å². The Morgan fingerprint density at radius 1 is 0.962 bits per heavy atom. The van der Waals surface area contributed by atoms with Crippen molar-refractivity contribution in [1.29, 1.82) is 5.26 Å². The van der Waals surface area contributed by atoms with E-state index in [9.17, 15) is 4.39 Å². The Morgan fingerprint density at radius 2 is 1.62 bits per heavy atom. The standard InChI is InChI=1S/C20H23FN2O3/c1-24-18-7-5-15(11-17(18)21)13-23-14-16-6-8-19(25-2)20(12-16)26-10-4-3-9-22/h5-8,11-12,23H,3-4,10,13-14H2,1-2H3. The Bertz CT molecular complexity index is 759. The molecule has 2 rings (SSSR count). The summed E-state index contributed by atoms with van der Waals surface area (Å²) in [6, 6.07) is 12.7. The normalized spacial score (nSPS) is 10.2. The van der Waals surface area contributed by atoms with Crippen LogP contribution in [0, 0.1) is 17.1 Å². The molecule has 0 radical (unpaired) electrons. The molecule has 0 atom stereocenters. The molecule has 0 bridgehead atoms. The van der Waals surface area contributed by atoms with Crippen LogP contribution >= 0.6 is 0 Å². The highest BCUT2D eigenvalue weighted by atomic mass is 19.1. The molecule has 0 aliphatic carbocycles. The van der Waals surface area contributed by atoms with E-state index in [1.807, 2.05) is 24.3 Å². The first-order valence-electron chi connectivity index (χ1n) is 8.37. The molecule has 0 unspecified atom stereocenters. The van der Waals surface area contributed by atoms with Crippen LogP contribution in [0.5, 0.6) is 17.2 Å². The predicted molar refractivity (Wildman–Crippen MR) is 96.8 cm³/mol. The first-order chi connectivity index (χ1) is 12.7. The monoisotopic (exact) mass is 358 g/mol. The Balaban J connectivity index is 1.92. The number of hydrogen-bond acceptors (Lipinski definition) is 5. The van der Waals surface area contributed by atoms with Crippen molar-refractivity contribution in [1.82, 2.24) is 5.32 Å². The Hall–Kier alpha value is -2.78. The fraction of sp³-hybridized carbons (Fsp3) is 0.350. The summed E-state index contributed by atoms with van der Waals surface area (Å²) in [6.45, 7) is 1.60. The van der Waals surface area contributed by atoms with Crippen LogP contribution < -0.4 is 19.5 Å². The zero-order chi connectivity index (χ0) is 18.8. The molecule has 6 heteroatoms. The lowest BCUT2D eigenvalue weighted by Crippen LogP contribution is -2.13. The average molecular weight is 358 g/mol. The molecule has 0 heterocycles. The van der Waals surface area contributed by atoms with Crippen molar-refractivity contribution in [3.05, 3.63) is 53.3 Å². The van der Waals surface area contributed by atoms with Crippen molar-refractivity contribution in [2.45, 2.75) is 25.9 Å². The van der Waals surface area contributed by atoms with Crippen LogP contribution in [0.4, 0.5) is 4.39 Å². The predicted octanol–water partition coefficient (Wildman–Crippen LogP) is 3.82. The van der Waals surface area contributed by atoms with Gasteiger partial charge in [-0.15, -0.1) is 0 Å². The molecular weight excluding hydrogens is 335 g/mol. The maximum Gasteiger partial charge on any atom is 0.165 e. The third kappa shape index (κ3) is 5.64. The number of halogens is 1. The van der Waals surface area contributed by atoms with Gasteiger partial charge in [-0.05, 0) is 41.8 Å². The van der Waals surface area contributed by atoms with Gasteiger partial charge in [0.25, 0.3) is 0 Å². The van der Waals surface area contributed by atoms with E-state index in [2.05, 4.69) is 11.4 Å². The quantitative estimate of drug-likeness (QED) is 0.654. The summed E-state index contributed by atoms with van der Waals surface area (Å²) in [5.74, 6) is 1.18. The minimum Gasteiger partial charge on any atom is -0.494 e. The van der Waals surface area contributed by atoms with Gasteiger partial charge in [0.2, 0.25) is 0 Å². The Labute approximate surface area is 153 Å². The van der Waals surface area contributed by atoms with Crippen molar-refractivity contribution in [2.24, 2.45) is 0 Å². The molecule has 0 aliphatic rings. The van der Waals surface area contributed by atoms with Crippen molar-refractivity contribution in [2.75, 3.05) is 20.8 Å². The fourth-order valence-electron chi connectivity index (χ4n) is 2.45. The second-order valence-corrected chi connectivity index (χ2v) is 5.67. The minimum absolute atomic E-state index is 0.238. The van der Waals surface area contributed by atoms with Gasteiger partial charge < -0.3 is 19.5 Å². The molecule has 1 N–H and O–H groups in total. The average Bonchev–Trinajstić information content (AvgIpc) is 2.65. The lowest BCUT2D eigenvalue weighted by molar-refractivity contribution is 0.290. The molecule has 0 spiro atoms. The minimum atomic E-state index is -0.371. The number of nitriles is 1. The molecular formula is C20H23FN2O3. The smallest absolute Gasteiger partial charge is 0.165 e. The van der Waals surface area contributed by atoms with E-state index in [1.165, 1.54) is 13.2 Å². The number of nitrogens with one attached hydrogen (secondary N) is 1. The molecule has 2 aromatic rings. The summed E-state index contributed by atoms with van der Waals surface area (Å²) in [4.78, 5) is 0. The largest absolute Gasteiger partial charge is 0.494 e. The summed E-state index contributed by atoms with van der Waals surface area (Å²) in [5, 5.41) is 11.9. The number of ether oxygens (including phenoxy) is 3. The Morgan fingerprint density at radius 3 is 2.23 bits per heavy atom. The highest BCUT2D eigenvalue weighted by Gasteiger charge is 2.07. The van der Waals surface area contributed by atoms with E-state index in [-0.39, 0.29) is 11.6 Å². The number of benzene rings is 2. The SMILES string of the molecule is COc1ccc(CNCc2ccc(OC)c(OCCCC#N)c2)cc1F. The van der Waals surface area contributed by atoms with E-state index < -0.39 is 0 Å². The molecule has 26 heavy (non-hydrogen) atoms. The summed E-state index contributed by atoms with van der Waals surface area (Å²) in [7, 11) is 3.04. The number of methoxy groups -OCH3 is 2. The van der Waals surface area contributed by atoms with Crippen LogP contribution in [-0.2, 0) is 13.1 Å². The van der Waals surface area contributed by atoms with E-state index >= 15 is 0 Å². The van der Waals surface area contributed by atoms with Crippen LogP contribution in [0.2, 0.25) is 0 Å². The van der Waals surface area contributed by atoms with Crippen LogP contribution in [0.1, 0.15) is 24.0 Å². The lowest BCUT2D eigenvalue weighted by atomic mass is 10.1. The van der Waals surface area contributed by atoms with Crippen LogP contribution in [0.3, 0.4) is 0 Å². The number of nitrogens with zero attached hydrogens (tertiary/aromatic N) is 1. The number of unbranched alkanes of at least 4 members (excludes halogenated alkanes) is 1. The second kappa shape index (κ2) is 10.3. The number of rotatable bonds is 10. The summed E-state index contributed by atoms with van der Waals surface area (Å²) >= 11 is 0. The van der Waals surface area contributed by atoms with Crippen LogP contribution in [-0.4, -0.2) is 20.8 Å². The van der Waals surface area contributed by atoms with Gasteiger partial charge in [-0.1, -0.05) is 12.1 Å². The first kappa shape index (κ1) is 19.5. The molecule has 0 fully saturated rings. The van der Waals surface area contributed by atoms with Gasteiger partial charge in [-0.2, -0.15) is 5.26 Å². The van der Waals surface area contributed by atoms with Gasteiger partial charge in [0.15, 0.2) is 23.1 Å². The fourth-order valence-corrected chi connectivity index (χ4v) is 2.45. The first-order valence-corrected chi connectivity index (χ1v) is 8.37. The topological polar surface area (TPSA) is 63.5 Å².